The minimum absolute atomic E-state index is 0.0222. The molecule has 0 saturated carbocycles. The van der Waals surface area contributed by atoms with Crippen LogP contribution in [0.25, 0.3) is 0 Å². The molecule has 0 atom stereocenters. The standard InChI is InChI=1S/C19H25NO/c1-13(2)14-10-11-15(19(3,4)5)18(12-14)21-17-9-7-6-8-16(17)20/h6-13H,20H2,1-5H3. The monoisotopic (exact) mass is 283 g/mol. The molecule has 2 N–H and O–H groups in total. The molecule has 0 aliphatic carbocycles. The Morgan fingerprint density at radius 2 is 1.62 bits per heavy atom. The van der Waals surface area contributed by atoms with Crippen LogP contribution in [0.5, 0.6) is 11.5 Å². The smallest absolute Gasteiger partial charge is 0.150 e. The zero-order valence-corrected chi connectivity index (χ0v) is 13.6. The first-order chi connectivity index (χ1) is 9.79. The van der Waals surface area contributed by atoms with Gasteiger partial charge in [-0.15, -0.1) is 0 Å². The number of ether oxygens (including phenoxy) is 1. The summed E-state index contributed by atoms with van der Waals surface area (Å²) < 4.78 is 6.13. The molecule has 0 aliphatic rings. The highest BCUT2D eigenvalue weighted by atomic mass is 16.5. The molecule has 0 aromatic heterocycles. The van der Waals surface area contributed by atoms with E-state index in [0.29, 0.717) is 17.4 Å². The topological polar surface area (TPSA) is 35.2 Å². The number of nitrogen functional groups attached to an aromatic ring is 1. The normalized spacial score (nSPS) is 11.7. The van der Waals surface area contributed by atoms with Crippen LogP contribution in [0.2, 0.25) is 0 Å². The number of benzene rings is 2. The summed E-state index contributed by atoms with van der Waals surface area (Å²) in [5.41, 5.74) is 9.14. The molecule has 2 rings (SSSR count). The van der Waals surface area contributed by atoms with Gasteiger partial charge in [-0.1, -0.05) is 58.9 Å². The Balaban J connectivity index is 2.49. The molecule has 21 heavy (non-hydrogen) atoms. The van der Waals surface area contributed by atoms with E-state index in [4.69, 9.17) is 10.5 Å². The van der Waals surface area contributed by atoms with Crippen molar-refractivity contribution >= 4 is 5.69 Å². The molecule has 112 valence electrons. The highest BCUT2D eigenvalue weighted by Crippen LogP contribution is 2.37. The SMILES string of the molecule is CC(C)c1ccc(C(C)(C)C)c(Oc2ccccc2N)c1. The fourth-order valence-electron chi connectivity index (χ4n) is 2.29. The number of nitrogens with two attached hydrogens (primary N) is 1. The van der Waals surface area contributed by atoms with E-state index in [-0.39, 0.29) is 5.41 Å². The van der Waals surface area contributed by atoms with Crippen LogP contribution in [0, 0.1) is 0 Å². The van der Waals surface area contributed by atoms with Crippen LogP contribution in [0.1, 0.15) is 51.7 Å². The maximum atomic E-state index is 6.13. The summed E-state index contributed by atoms with van der Waals surface area (Å²) in [5.74, 6) is 2.07. The van der Waals surface area contributed by atoms with Crippen LogP contribution in [0.4, 0.5) is 5.69 Å². The third kappa shape index (κ3) is 3.57. The van der Waals surface area contributed by atoms with Crippen molar-refractivity contribution < 1.29 is 4.74 Å². The van der Waals surface area contributed by atoms with Crippen molar-refractivity contribution in [2.24, 2.45) is 0 Å². The number of hydrogen-bond acceptors (Lipinski definition) is 2. The largest absolute Gasteiger partial charge is 0.455 e. The van der Waals surface area contributed by atoms with Crippen LogP contribution < -0.4 is 10.5 Å². The minimum Gasteiger partial charge on any atom is -0.455 e. The Hall–Kier alpha value is -1.96. The average molecular weight is 283 g/mol. The lowest BCUT2D eigenvalue weighted by Crippen LogP contribution is -2.13. The number of para-hydroxylation sites is 2. The van der Waals surface area contributed by atoms with Gasteiger partial charge in [0, 0.05) is 5.56 Å². The predicted octanol–water partition coefficient (Wildman–Crippen LogP) is 5.48. The van der Waals surface area contributed by atoms with Crippen LogP contribution in [0.3, 0.4) is 0 Å². The Morgan fingerprint density at radius 3 is 2.19 bits per heavy atom. The maximum Gasteiger partial charge on any atom is 0.150 e. The van der Waals surface area contributed by atoms with Crippen molar-refractivity contribution in [3.05, 3.63) is 53.6 Å². The van der Waals surface area contributed by atoms with Gasteiger partial charge in [-0.2, -0.15) is 0 Å². The minimum atomic E-state index is 0.0222. The lowest BCUT2D eigenvalue weighted by Gasteiger charge is -2.24. The van der Waals surface area contributed by atoms with E-state index in [9.17, 15) is 0 Å². The summed E-state index contributed by atoms with van der Waals surface area (Å²) in [6.45, 7) is 11.0. The Labute approximate surface area is 127 Å². The summed E-state index contributed by atoms with van der Waals surface area (Å²) in [5, 5.41) is 0. The molecule has 0 spiro atoms. The first-order valence-corrected chi connectivity index (χ1v) is 7.46. The zero-order valence-electron chi connectivity index (χ0n) is 13.6. The van der Waals surface area contributed by atoms with Gasteiger partial charge in [0.05, 0.1) is 5.69 Å². The number of rotatable bonds is 3. The Kier molecular flexibility index (Phi) is 4.26. The van der Waals surface area contributed by atoms with E-state index >= 15 is 0 Å². The van der Waals surface area contributed by atoms with Crippen LogP contribution >= 0.6 is 0 Å². The van der Waals surface area contributed by atoms with Gasteiger partial charge in [-0.05, 0) is 35.1 Å². The van der Waals surface area contributed by atoms with Gasteiger partial charge >= 0.3 is 0 Å². The molecule has 0 heterocycles. The molecule has 0 aliphatic heterocycles. The van der Waals surface area contributed by atoms with Gasteiger partial charge in [-0.25, -0.2) is 0 Å². The molecule has 0 radical (unpaired) electrons. The van der Waals surface area contributed by atoms with E-state index in [0.717, 1.165) is 5.75 Å². The third-order valence-electron chi connectivity index (χ3n) is 3.62. The summed E-state index contributed by atoms with van der Waals surface area (Å²) in [6.07, 6.45) is 0. The highest BCUT2D eigenvalue weighted by Gasteiger charge is 2.20. The maximum absolute atomic E-state index is 6.13. The van der Waals surface area contributed by atoms with Crippen molar-refractivity contribution in [1.82, 2.24) is 0 Å². The van der Waals surface area contributed by atoms with Crippen molar-refractivity contribution in [1.29, 1.82) is 0 Å². The van der Waals surface area contributed by atoms with Gasteiger partial charge < -0.3 is 10.5 Å². The molecule has 2 aromatic rings. The quantitative estimate of drug-likeness (QED) is 0.757. The molecular weight excluding hydrogens is 258 g/mol. The van der Waals surface area contributed by atoms with E-state index in [1.807, 2.05) is 24.3 Å². The van der Waals surface area contributed by atoms with E-state index < -0.39 is 0 Å². The second-order valence-corrected chi connectivity index (χ2v) is 6.80. The summed E-state index contributed by atoms with van der Waals surface area (Å²) in [6, 6.07) is 14.1. The van der Waals surface area contributed by atoms with Crippen molar-refractivity contribution in [2.45, 2.75) is 46.0 Å². The molecule has 0 saturated heterocycles. The van der Waals surface area contributed by atoms with Crippen LogP contribution in [0.15, 0.2) is 42.5 Å². The molecule has 0 amide bonds. The Bertz CT molecular complexity index is 624. The molecular formula is C19H25NO. The fourth-order valence-corrected chi connectivity index (χ4v) is 2.29. The van der Waals surface area contributed by atoms with Crippen molar-refractivity contribution in [3.8, 4) is 11.5 Å². The predicted molar refractivity (Wildman–Crippen MR) is 90.2 cm³/mol. The second-order valence-electron chi connectivity index (χ2n) is 6.80. The highest BCUT2D eigenvalue weighted by molar-refractivity contribution is 5.55. The lowest BCUT2D eigenvalue weighted by atomic mass is 9.85. The number of anilines is 1. The lowest BCUT2D eigenvalue weighted by molar-refractivity contribution is 0.456. The summed E-state index contributed by atoms with van der Waals surface area (Å²) in [7, 11) is 0. The van der Waals surface area contributed by atoms with Gasteiger partial charge in [0.15, 0.2) is 0 Å². The van der Waals surface area contributed by atoms with E-state index in [1.54, 1.807) is 0 Å². The summed E-state index contributed by atoms with van der Waals surface area (Å²) in [4.78, 5) is 0. The second kappa shape index (κ2) is 5.80. The van der Waals surface area contributed by atoms with Gasteiger partial charge in [-0.3, -0.25) is 0 Å². The first-order valence-electron chi connectivity index (χ1n) is 7.46. The first kappa shape index (κ1) is 15.4. The average Bonchev–Trinajstić information content (AvgIpc) is 2.40. The van der Waals surface area contributed by atoms with Crippen LogP contribution in [-0.2, 0) is 5.41 Å². The van der Waals surface area contributed by atoms with E-state index in [2.05, 4.69) is 52.8 Å². The van der Waals surface area contributed by atoms with Crippen molar-refractivity contribution in [2.75, 3.05) is 5.73 Å². The fraction of sp³-hybridized carbons (Fsp3) is 0.368. The van der Waals surface area contributed by atoms with E-state index in [1.165, 1.54) is 11.1 Å². The third-order valence-corrected chi connectivity index (χ3v) is 3.62. The molecule has 2 heteroatoms. The van der Waals surface area contributed by atoms with Gasteiger partial charge in [0.25, 0.3) is 0 Å². The molecule has 2 nitrogen and oxygen atoms in total. The molecule has 0 unspecified atom stereocenters. The molecule has 0 bridgehead atoms. The molecule has 2 aromatic carbocycles. The molecule has 0 fully saturated rings. The van der Waals surface area contributed by atoms with Crippen LogP contribution in [-0.4, -0.2) is 0 Å². The zero-order chi connectivity index (χ0) is 15.6. The van der Waals surface area contributed by atoms with Crippen molar-refractivity contribution in [3.63, 3.8) is 0 Å². The van der Waals surface area contributed by atoms with Gasteiger partial charge in [0.2, 0.25) is 0 Å². The number of hydrogen-bond donors (Lipinski definition) is 1. The summed E-state index contributed by atoms with van der Waals surface area (Å²) >= 11 is 0. The van der Waals surface area contributed by atoms with Gasteiger partial charge in [0.1, 0.15) is 11.5 Å². The Morgan fingerprint density at radius 1 is 0.952 bits per heavy atom.